The second-order valence-corrected chi connectivity index (χ2v) is 5.34. The topological polar surface area (TPSA) is 50.7 Å². The number of carbonyl (C=O) groups excluding carboxylic acids is 1. The van der Waals surface area contributed by atoms with Gasteiger partial charge in [-0.05, 0) is 38.3 Å². The fraction of sp³-hybridized carbons (Fsp3) is 0.529. The monoisotopic (exact) mass is 288 g/mol. The number of nitrogens with zero attached hydrogens (tertiary/aromatic N) is 1. The van der Waals surface area contributed by atoms with E-state index in [9.17, 15) is 4.79 Å². The molecule has 0 bridgehead atoms. The van der Waals surface area contributed by atoms with E-state index in [-0.39, 0.29) is 11.9 Å². The van der Waals surface area contributed by atoms with E-state index in [1.165, 1.54) is 12.8 Å². The molecule has 0 saturated heterocycles. The van der Waals surface area contributed by atoms with Crippen LogP contribution in [0.3, 0.4) is 0 Å². The summed E-state index contributed by atoms with van der Waals surface area (Å²) in [6, 6.07) is 9.82. The van der Waals surface area contributed by atoms with E-state index in [4.69, 9.17) is 4.74 Å². The summed E-state index contributed by atoms with van der Waals surface area (Å²) in [5.41, 5.74) is 4.94. The van der Waals surface area contributed by atoms with Crippen molar-refractivity contribution in [3.8, 4) is 0 Å². The maximum atomic E-state index is 12.2. The van der Waals surface area contributed by atoms with E-state index in [1.54, 1.807) is 0 Å². The molecule has 1 aromatic rings. The number of rotatable bonds is 4. The molecule has 1 saturated carbocycles. The highest BCUT2D eigenvalue weighted by Crippen LogP contribution is 2.22. The molecular formula is C17H24N2O2. The molecular weight excluding hydrogens is 264 g/mol. The van der Waals surface area contributed by atoms with Crippen LogP contribution in [0.4, 0.5) is 5.69 Å². The van der Waals surface area contributed by atoms with Crippen LogP contribution < -0.4 is 5.43 Å². The first-order valence-electron chi connectivity index (χ1n) is 7.85. The lowest BCUT2D eigenvalue weighted by Crippen LogP contribution is -2.28. The number of hydrogen-bond donors (Lipinski definition) is 1. The van der Waals surface area contributed by atoms with Gasteiger partial charge < -0.3 is 4.74 Å². The first-order valence-corrected chi connectivity index (χ1v) is 7.85. The average molecular weight is 288 g/mol. The summed E-state index contributed by atoms with van der Waals surface area (Å²) in [5.74, 6) is -0.325. The van der Waals surface area contributed by atoms with Crippen molar-refractivity contribution in [1.82, 2.24) is 0 Å². The zero-order valence-electron chi connectivity index (χ0n) is 12.7. The van der Waals surface area contributed by atoms with Gasteiger partial charge in [-0.2, -0.15) is 5.10 Å². The zero-order valence-corrected chi connectivity index (χ0v) is 12.7. The number of hydrazone groups is 1. The number of para-hydroxylation sites is 1. The van der Waals surface area contributed by atoms with Gasteiger partial charge in [-0.3, -0.25) is 10.2 Å². The number of anilines is 1. The summed E-state index contributed by atoms with van der Waals surface area (Å²) in [4.78, 5) is 12.2. The highest BCUT2D eigenvalue weighted by molar-refractivity contribution is 6.02. The van der Waals surface area contributed by atoms with Gasteiger partial charge in [0.15, 0.2) is 0 Å². The number of hydrogen-bond acceptors (Lipinski definition) is 4. The van der Waals surface area contributed by atoms with E-state index in [0.29, 0.717) is 6.61 Å². The fourth-order valence-electron chi connectivity index (χ4n) is 2.63. The summed E-state index contributed by atoms with van der Waals surface area (Å²) < 4.78 is 5.21. The van der Waals surface area contributed by atoms with Crippen LogP contribution in [-0.2, 0) is 9.53 Å². The summed E-state index contributed by atoms with van der Waals surface area (Å²) in [6.45, 7) is 2.27. The van der Waals surface area contributed by atoms with Gasteiger partial charge in [-0.1, -0.05) is 37.5 Å². The van der Waals surface area contributed by atoms with Crippen molar-refractivity contribution >= 4 is 17.4 Å². The third-order valence-electron chi connectivity index (χ3n) is 3.75. The molecule has 1 atom stereocenters. The Morgan fingerprint density at radius 2 is 2.00 bits per heavy atom. The van der Waals surface area contributed by atoms with Crippen molar-refractivity contribution in [2.75, 3.05) is 12.0 Å². The average Bonchev–Trinajstić information content (AvgIpc) is 2.47. The normalized spacial score (nSPS) is 21.4. The molecule has 1 aromatic carbocycles. The Morgan fingerprint density at radius 3 is 2.76 bits per heavy atom. The number of nitrogens with one attached hydrogen (secondary N) is 1. The van der Waals surface area contributed by atoms with E-state index < -0.39 is 0 Å². The summed E-state index contributed by atoms with van der Waals surface area (Å²) in [7, 11) is 0. The molecule has 0 aromatic heterocycles. The van der Waals surface area contributed by atoms with Gasteiger partial charge in [-0.15, -0.1) is 0 Å². The summed E-state index contributed by atoms with van der Waals surface area (Å²) in [5, 5.41) is 4.51. The molecule has 1 fully saturated rings. The Hall–Kier alpha value is -1.84. The predicted octanol–water partition coefficient (Wildman–Crippen LogP) is 3.99. The predicted molar refractivity (Wildman–Crippen MR) is 85.3 cm³/mol. The molecule has 0 aliphatic heterocycles. The lowest BCUT2D eigenvalue weighted by molar-refractivity contribution is -0.145. The quantitative estimate of drug-likeness (QED) is 0.673. The third kappa shape index (κ3) is 4.88. The Balaban J connectivity index is 2.10. The molecule has 0 heterocycles. The molecule has 0 radical (unpaired) electrons. The SMILES string of the molecule is CCOC(=O)C1CCCCCCC1=NNc1ccccc1. The molecule has 4 heteroatoms. The van der Waals surface area contributed by atoms with Crippen molar-refractivity contribution < 1.29 is 9.53 Å². The van der Waals surface area contributed by atoms with Crippen LogP contribution in [-0.4, -0.2) is 18.3 Å². The second kappa shape index (κ2) is 8.45. The minimum absolute atomic E-state index is 0.131. The molecule has 4 nitrogen and oxygen atoms in total. The molecule has 1 N–H and O–H groups in total. The largest absolute Gasteiger partial charge is 0.465 e. The van der Waals surface area contributed by atoms with Gasteiger partial charge in [0.25, 0.3) is 0 Å². The molecule has 2 rings (SSSR count). The van der Waals surface area contributed by atoms with Crippen molar-refractivity contribution in [3.63, 3.8) is 0 Å². The molecule has 114 valence electrons. The highest BCUT2D eigenvalue weighted by atomic mass is 16.5. The fourth-order valence-corrected chi connectivity index (χ4v) is 2.63. The highest BCUT2D eigenvalue weighted by Gasteiger charge is 2.26. The molecule has 1 aliphatic carbocycles. The van der Waals surface area contributed by atoms with Gasteiger partial charge in [0, 0.05) is 0 Å². The van der Waals surface area contributed by atoms with Crippen LogP contribution in [0.25, 0.3) is 0 Å². The van der Waals surface area contributed by atoms with Crippen LogP contribution >= 0.6 is 0 Å². The smallest absolute Gasteiger partial charge is 0.314 e. The standard InChI is InChI=1S/C17H24N2O2/c1-2-21-17(20)15-12-8-3-4-9-13-16(15)19-18-14-10-6-5-7-11-14/h5-7,10-11,15,18H,2-4,8-9,12-13H2,1H3. The van der Waals surface area contributed by atoms with Crippen LogP contribution in [0, 0.1) is 5.92 Å². The van der Waals surface area contributed by atoms with Gasteiger partial charge in [-0.25, -0.2) is 0 Å². The number of carbonyl (C=O) groups is 1. The molecule has 1 aliphatic rings. The van der Waals surface area contributed by atoms with Gasteiger partial charge in [0.05, 0.1) is 23.9 Å². The molecule has 0 spiro atoms. The number of esters is 1. The first kappa shape index (κ1) is 15.5. The van der Waals surface area contributed by atoms with Crippen LogP contribution in [0.1, 0.15) is 45.4 Å². The van der Waals surface area contributed by atoms with Gasteiger partial charge in [0.2, 0.25) is 0 Å². The number of ether oxygens (including phenoxy) is 1. The van der Waals surface area contributed by atoms with Crippen LogP contribution in [0.2, 0.25) is 0 Å². The lowest BCUT2D eigenvalue weighted by Gasteiger charge is -2.20. The van der Waals surface area contributed by atoms with Crippen molar-refractivity contribution in [2.45, 2.75) is 45.4 Å². The zero-order chi connectivity index (χ0) is 14.9. The van der Waals surface area contributed by atoms with Crippen molar-refractivity contribution in [1.29, 1.82) is 0 Å². The van der Waals surface area contributed by atoms with Gasteiger partial charge >= 0.3 is 5.97 Å². The van der Waals surface area contributed by atoms with E-state index in [1.807, 2.05) is 37.3 Å². The Bertz CT molecular complexity index is 471. The maximum absolute atomic E-state index is 12.2. The molecule has 21 heavy (non-hydrogen) atoms. The second-order valence-electron chi connectivity index (χ2n) is 5.34. The Kier molecular flexibility index (Phi) is 6.25. The minimum Gasteiger partial charge on any atom is -0.465 e. The van der Waals surface area contributed by atoms with E-state index in [2.05, 4.69) is 10.5 Å². The van der Waals surface area contributed by atoms with E-state index in [0.717, 1.165) is 37.1 Å². The lowest BCUT2D eigenvalue weighted by atomic mass is 9.89. The van der Waals surface area contributed by atoms with Crippen molar-refractivity contribution in [2.24, 2.45) is 11.0 Å². The number of benzene rings is 1. The third-order valence-corrected chi connectivity index (χ3v) is 3.75. The Morgan fingerprint density at radius 1 is 1.24 bits per heavy atom. The minimum atomic E-state index is -0.193. The van der Waals surface area contributed by atoms with Crippen LogP contribution in [0.15, 0.2) is 35.4 Å². The Labute approximate surface area is 126 Å². The molecule has 0 amide bonds. The molecule has 1 unspecified atom stereocenters. The summed E-state index contributed by atoms with van der Waals surface area (Å²) in [6.07, 6.45) is 6.26. The maximum Gasteiger partial charge on any atom is 0.314 e. The first-order chi connectivity index (χ1) is 10.3. The van der Waals surface area contributed by atoms with Crippen LogP contribution in [0.5, 0.6) is 0 Å². The summed E-state index contributed by atoms with van der Waals surface area (Å²) >= 11 is 0. The van der Waals surface area contributed by atoms with Gasteiger partial charge in [0.1, 0.15) is 0 Å². The van der Waals surface area contributed by atoms with E-state index >= 15 is 0 Å². The van der Waals surface area contributed by atoms with Crippen molar-refractivity contribution in [3.05, 3.63) is 30.3 Å².